The fourth-order valence-corrected chi connectivity index (χ4v) is 4.82. The molecule has 8 heteroatoms. The van der Waals surface area contributed by atoms with E-state index in [1.807, 2.05) is 22.9 Å². The molecule has 7 nitrogen and oxygen atoms in total. The van der Waals surface area contributed by atoms with Crippen molar-refractivity contribution in [2.24, 2.45) is 0 Å². The molecule has 2 saturated heterocycles. The minimum Gasteiger partial charge on any atom is -0.350 e. The fraction of sp³-hybridized carbons (Fsp3) is 0.412. The van der Waals surface area contributed by atoms with Crippen LogP contribution in [0.4, 0.5) is 0 Å². The van der Waals surface area contributed by atoms with E-state index in [4.69, 9.17) is 0 Å². The number of thioether (sulfide) groups is 1. The van der Waals surface area contributed by atoms with Crippen LogP contribution in [0.3, 0.4) is 0 Å². The number of imidazole rings is 1. The van der Waals surface area contributed by atoms with Gasteiger partial charge in [0.05, 0.1) is 4.87 Å². The Balaban J connectivity index is 1.38. The molecule has 2 atom stereocenters. The Bertz CT molecular complexity index is 792. The number of carbonyl (C=O) groups is 2. The highest BCUT2D eigenvalue weighted by atomic mass is 32.2. The number of aromatic nitrogens is 3. The average Bonchev–Trinajstić information content (AvgIpc) is 3.32. The Labute approximate surface area is 149 Å². The van der Waals surface area contributed by atoms with Gasteiger partial charge in [-0.25, -0.2) is 9.97 Å². The predicted octanol–water partition coefficient (Wildman–Crippen LogP) is 1.34. The minimum absolute atomic E-state index is 0.0824. The zero-order chi connectivity index (χ0) is 17.4. The van der Waals surface area contributed by atoms with Crippen molar-refractivity contribution in [1.29, 1.82) is 0 Å². The lowest BCUT2D eigenvalue weighted by molar-refractivity contribution is -0.138. The summed E-state index contributed by atoms with van der Waals surface area (Å²) in [5.74, 6) is 1.42. The molecule has 4 rings (SSSR count). The lowest BCUT2D eigenvalue weighted by atomic mass is 10.2. The van der Waals surface area contributed by atoms with Crippen molar-refractivity contribution in [1.82, 2.24) is 24.8 Å². The first kappa shape index (κ1) is 16.1. The van der Waals surface area contributed by atoms with Gasteiger partial charge in [0.15, 0.2) is 0 Å². The number of nitrogens with one attached hydrogen (secondary N) is 1. The molecule has 0 aliphatic carbocycles. The summed E-state index contributed by atoms with van der Waals surface area (Å²) < 4.78 is 1.82. The fourth-order valence-electron chi connectivity index (χ4n) is 3.39. The smallest absolute Gasteiger partial charge is 0.243 e. The van der Waals surface area contributed by atoms with Crippen molar-refractivity contribution in [2.75, 3.05) is 5.75 Å². The molecule has 2 aromatic heterocycles. The molecule has 2 aliphatic rings. The van der Waals surface area contributed by atoms with Gasteiger partial charge in [-0.2, -0.15) is 0 Å². The number of nitrogens with zero attached hydrogens (tertiary/aromatic N) is 4. The summed E-state index contributed by atoms with van der Waals surface area (Å²) in [7, 11) is 0. The summed E-state index contributed by atoms with van der Waals surface area (Å²) in [4.78, 5) is 34.6. The summed E-state index contributed by atoms with van der Waals surface area (Å²) in [6.45, 7) is 2.45. The Hall–Kier alpha value is -2.35. The van der Waals surface area contributed by atoms with Gasteiger partial charge in [0.25, 0.3) is 0 Å². The van der Waals surface area contributed by atoms with Gasteiger partial charge in [0.1, 0.15) is 18.2 Å². The Morgan fingerprint density at radius 3 is 3.08 bits per heavy atom. The number of hydrogen-bond donors (Lipinski definition) is 1. The monoisotopic (exact) mass is 357 g/mol. The normalized spacial score (nSPS) is 25.2. The molecule has 0 aromatic carbocycles. The molecule has 2 amide bonds. The number of pyridine rings is 1. The quantitative estimate of drug-likeness (QED) is 0.893. The van der Waals surface area contributed by atoms with E-state index in [9.17, 15) is 9.59 Å². The topological polar surface area (TPSA) is 80.1 Å². The van der Waals surface area contributed by atoms with E-state index in [1.165, 1.54) is 0 Å². The van der Waals surface area contributed by atoms with E-state index in [2.05, 4.69) is 22.2 Å². The van der Waals surface area contributed by atoms with Gasteiger partial charge in [-0.1, -0.05) is 6.07 Å². The second-order valence-corrected chi connectivity index (χ2v) is 7.98. The van der Waals surface area contributed by atoms with Crippen molar-refractivity contribution in [3.05, 3.63) is 42.6 Å². The lowest BCUT2D eigenvalue weighted by Crippen LogP contribution is -2.49. The van der Waals surface area contributed by atoms with Crippen molar-refractivity contribution in [2.45, 2.75) is 37.2 Å². The van der Waals surface area contributed by atoms with Crippen LogP contribution in [0, 0.1) is 0 Å². The van der Waals surface area contributed by atoms with E-state index in [-0.39, 0.29) is 22.7 Å². The Morgan fingerprint density at radius 2 is 2.36 bits per heavy atom. The summed E-state index contributed by atoms with van der Waals surface area (Å²) in [6.07, 6.45) is 8.30. The standard InChI is InChI=1S/C17H19N5O2S/c1-17-5-4-15(23)22(17)13(10-25-17)16(24)20-9-12-2-3-14(19-8-12)21-7-6-18-11-21/h2-3,6-8,11,13H,4-5,9-10H2,1H3,(H,20,24). The van der Waals surface area contributed by atoms with Crippen LogP contribution in [0.5, 0.6) is 0 Å². The van der Waals surface area contributed by atoms with Gasteiger partial charge in [0, 0.05) is 37.3 Å². The van der Waals surface area contributed by atoms with E-state index in [0.29, 0.717) is 18.7 Å². The van der Waals surface area contributed by atoms with Crippen molar-refractivity contribution >= 4 is 23.6 Å². The van der Waals surface area contributed by atoms with Gasteiger partial charge in [-0.05, 0) is 25.0 Å². The van der Waals surface area contributed by atoms with E-state index in [0.717, 1.165) is 17.8 Å². The number of amides is 2. The first-order chi connectivity index (χ1) is 12.1. The highest BCUT2D eigenvalue weighted by Gasteiger charge is 2.52. The summed E-state index contributed by atoms with van der Waals surface area (Å²) in [5.41, 5.74) is 0.915. The number of fused-ring (bicyclic) bond motifs is 1. The highest BCUT2D eigenvalue weighted by molar-refractivity contribution is 8.01. The van der Waals surface area contributed by atoms with Crippen LogP contribution in [-0.2, 0) is 16.1 Å². The molecule has 2 unspecified atom stereocenters. The molecule has 0 saturated carbocycles. The molecule has 25 heavy (non-hydrogen) atoms. The molecule has 2 aliphatic heterocycles. The molecular weight excluding hydrogens is 338 g/mol. The molecule has 0 radical (unpaired) electrons. The van der Waals surface area contributed by atoms with Crippen LogP contribution in [0.1, 0.15) is 25.3 Å². The molecule has 130 valence electrons. The first-order valence-electron chi connectivity index (χ1n) is 8.24. The second-order valence-electron chi connectivity index (χ2n) is 6.48. The van der Waals surface area contributed by atoms with E-state index in [1.54, 1.807) is 35.4 Å². The maximum Gasteiger partial charge on any atom is 0.243 e. The number of rotatable bonds is 4. The predicted molar refractivity (Wildman–Crippen MR) is 93.9 cm³/mol. The summed E-state index contributed by atoms with van der Waals surface area (Å²) >= 11 is 1.70. The zero-order valence-corrected chi connectivity index (χ0v) is 14.7. The van der Waals surface area contributed by atoms with Crippen molar-refractivity contribution in [3.8, 4) is 5.82 Å². The van der Waals surface area contributed by atoms with Crippen LogP contribution in [0.15, 0.2) is 37.1 Å². The van der Waals surface area contributed by atoms with Gasteiger partial charge in [0.2, 0.25) is 11.8 Å². The molecular formula is C17H19N5O2S. The van der Waals surface area contributed by atoms with Gasteiger partial charge < -0.3 is 10.2 Å². The maximum absolute atomic E-state index is 12.6. The third-order valence-electron chi connectivity index (χ3n) is 4.79. The molecule has 2 fully saturated rings. The van der Waals surface area contributed by atoms with Gasteiger partial charge >= 0.3 is 0 Å². The molecule has 4 heterocycles. The summed E-state index contributed by atoms with van der Waals surface area (Å²) in [6, 6.07) is 3.44. The Morgan fingerprint density at radius 1 is 1.48 bits per heavy atom. The molecule has 1 N–H and O–H groups in total. The highest BCUT2D eigenvalue weighted by Crippen LogP contribution is 2.47. The molecule has 0 spiro atoms. The largest absolute Gasteiger partial charge is 0.350 e. The van der Waals surface area contributed by atoms with Crippen LogP contribution in [0.25, 0.3) is 5.82 Å². The summed E-state index contributed by atoms with van der Waals surface area (Å²) in [5, 5.41) is 2.94. The van der Waals surface area contributed by atoms with Gasteiger partial charge in [-0.15, -0.1) is 11.8 Å². The zero-order valence-electron chi connectivity index (χ0n) is 13.9. The lowest BCUT2D eigenvalue weighted by Gasteiger charge is -2.29. The van der Waals surface area contributed by atoms with Crippen LogP contribution in [0.2, 0.25) is 0 Å². The first-order valence-corrected chi connectivity index (χ1v) is 9.22. The van der Waals surface area contributed by atoms with Gasteiger partial charge in [-0.3, -0.25) is 14.2 Å². The van der Waals surface area contributed by atoms with Crippen LogP contribution < -0.4 is 5.32 Å². The van der Waals surface area contributed by atoms with Crippen LogP contribution >= 0.6 is 11.8 Å². The SMILES string of the molecule is CC12CCC(=O)N1C(C(=O)NCc1ccc(-n3ccnc3)nc1)CS2. The third-order valence-corrected chi connectivity index (χ3v) is 6.30. The molecule has 0 bridgehead atoms. The van der Waals surface area contributed by atoms with E-state index >= 15 is 0 Å². The van der Waals surface area contributed by atoms with E-state index < -0.39 is 0 Å². The third kappa shape index (κ3) is 2.90. The number of carbonyl (C=O) groups excluding carboxylic acids is 2. The second kappa shape index (κ2) is 6.18. The van der Waals surface area contributed by atoms with Crippen molar-refractivity contribution in [3.63, 3.8) is 0 Å². The maximum atomic E-state index is 12.6. The molecule has 2 aromatic rings. The number of hydrogen-bond acceptors (Lipinski definition) is 5. The van der Waals surface area contributed by atoms with Crippen LogP contribution in [-0.4, -0.2) is 47.9 Å². The Kier molecular flexibility index (Phi) is 3.99. The average molecular weight is 357 g/mol. The van der Waals surface area contributed by atoms with Crippen molar-refractivity contribution < 1.29 is 9.59 Å². The minimum atomic E-state index is -0.372.